The van der Waals surface area contributed by atoms with Crippen molar-refractivity contribution < 1.29 is 4.79 Å². The molecular formula is C13H22N2O. The van der Waals surface area contributed by atoms with Gasteiger partial charge in [-0.15, -0.1) is 0 Å². The highest BCUT2D eigenvalue weighted by Gasteiger charge is 2.52. The van der Waals surface area contributed by atoms with Crippen LogP contribution < -0.4 is 10.6 Å². The summed E-state index contributed by atoms with van der Waals surface area (Å²) in [5.41, 5.74) is 0.000255. The molecule has 1 spiro atoms. The fourth-order valence-electron chi connectivity index (χ4n) is 4.19. The SMILES string of the molecule is O=C1NCC(C2CCCC2)C12CCNCC2. The van der Waals surface area contributed by atoms with Gasteiger partial charge in [-0.25, -0.2) is 0 Å². The average molecular weight is 222 g/mol. The van der Waals surface area contributed by atoms with Gasteiger partial charge in [-0.1, -0.05) is 25.7 Å². The van der Waals surface area contributed by atoms with E-state index in [0.717, 1.165) is 38.4 Å². The van der Waals surface area contributed by atoms with Crippen LogP contribution in [0.5, 0.6) is 0 Å². The van der Waals surface area contributed by atoms with Gasteiger partial charge in [0.1, 0.15) is 0 Å². The van der Waals surface area contributed by atoms with Crippen LogP contribution in [0.4, 0.5) is 0 Å². The van der Waals surface area contributed by atoms with E-state index < -0.39 is 0 Å². The van der Waals surface area contributed by atoms with Crippen LogP contribution in [-0.4, -0.2) is 25.5 Å². The molecule has 2 heterocycles. The fraction of sp³-hybridized carbons (Fsp3) is 0.923. The monoisotopic (exact) mass is 222 g/mol. The summed E-state index contributed by atoms with van der Waals surface area (Å²) in [7, 11) is 0. The Morgan fingerprint density at radius 3 is 2.50 bits per heavy atom. The smallest absolute Gasteiger partial charge is 0.226 e. The first-order valence-corrected chi connectivity index (χ1v) is 6.82. The van der Waals surface area contributed by atoms with E-state index in [1.165, 1.54) is 25.7 Å². The molecule has 90 valence electrons. The molecule has 3 fully saturated rings. The van der Waals surface area contributed by atoms with E-state index in [4.69, 9.17) is 0 Å². The molecular weight excluding hydrogens is 200 g/mol. The lowest BCUT2D eigenvalue weighted by Crippen LogP contribution is -2.46. The van der Waals surface area contributed by atoms with E-state index in [2.05, 4.69) is 10.6 Å². The highest BCUT2D eigenvalue weighted by Crippen LogP contribution is 2.48. The zero-order chi connectivity index (χ0) is 11.0. The molecule has 3 rings (SSSR count). The summed E-state index contributed by atoms with van der Waals surface area (Å²) in [6.07, 6.45) is 7.58. The summed E-state index contributed by atoms with van der Waals surface area (Å²) in [5, 5.41) is 6.53. The highest BCUT2D eigenvalue weighted by molar-refractivity contribution is 5.85. The zero-order valence-electron chi connectivity index (χ0n) is 9.93. The number of hydrogen-bond donors (Lipinski definition) is 2. The van der Waals surface area contributed by atoms with Gasteiger partial charge in [-0.2, -0.15) is 0 Å². The van der Waals surface area contributed by atoms with Crippen molar-refractivity contribution in [3.63, 3.8) is 0 Å². The van der Waals surface area contributed by atoms with Crippen LogP contribution in [0.2, 0.25) is 0 Å². The van der Waals surface area contributed by atoms with Crippen molar-refractivity contribution in [3.8, 4) is 0 Å². The van der Waals surface area contributed by atoms with Crippen LogP contribution in [0.1, 0.15) is 38.5 Å². The van der Waals surface area contributed by atoms with E-state index in [1.807, 2.05) is 0 Å². The quantitative estimate of drug-likeness (QED) is 0.702. The van der Waals surface area contributed by atoms with E-state index in [0.29, 0.717) is 11.8 Å². The third-order valence-electron chi connectivity index (χ3n) is 5.11. The molecule has 0 aromatic rings. The van der Waals surface area contributed by atoms with E-state index in [1.54, 1.807) is 0 Å². The average Bonchev–Trinajstić information content (AvgIpc) is 2.91. The first kappa shape index (κ1) is 10.6. The normalized spacial score (nSPS) is 34.5. The summed E-state index contributed by atoms with van der Waals surface area (Å²) in [6, 6.07) is 0. The maximum Gasteiger partial charge on any atom is 0.226 e. The van der Waals surface area contributed by atoms with E-state index >= 15 is 0 Å². The summed E-state index contributed by atoms with van der Waals surface area (Å²) < 4.78 is 0. The van der Waals surface area contributed by atoms with Gasteiger partial charge < -0.3 is 10.6 Å². The first-order valence-electron chi connectivity index (χ1n) is 6.82. The molecule has 0 bridgehead atoms. The van der Waals surface area contributed by atoms with Gasteiger partial charge in [0.15, 0.2) is 0 Å². The minimum absolute atomic E-state index is 0.000255. The molecule has 1 saturated carbocycles. The largest absolute Gasteiger partial charge is 0.355 e. The number of hydrogen-bond acceptors (Lipinski definition) is 2. The summed E-state index contributed by atoms with van der Waals surface area (Å²) in [5.74, 6) is 1.80. The molecule has 2 N–H and O–H groups in total. The Bertz CT molecular complexity index is 278. The second-order valence-corrected chi connectivity index (χ2v) is 5.77. The topological polar surface area (TPSA) is 41.1 Å². The standard InChI is InChI=1S/C13H22N2O/c16-12-13(5-7-14-8-6-13)11(9-15-12)10-3-1-2-4-10/h10-11,14H,1-9H2,(H,15,16). The molecule has 0 radical (unpaired) electrons. The Morgan fingerprint density at radius 2 is 1.81 bits per heavy atom. The van der Waals surface area contributed by atoms with Crippen molar-refractivity contribution in [1.29, 1.82) is 0 Å². The van der Waals surface area contributed by atoms with E-state index in [-0.39, 0.29) is 5.41 Å². The summed E-state index contributed by atoms with van der Waals surface area (Å²) in [4.78, 5) is 12.2. The molecule has 2 saturated heterocycles. The van der Waals surface area contributed by atoms with Crippen LogP contribution in [0.3, 0.4) is 0 Å². The molecule has 1 amide bonds. The lowest BCUT2D eigenvalue weighted by molar-refractivity contribution is -0.131. The van der Waals surface area contributed by atoms with Gasteiger partial charge >= 0.3 is 0 Å². The highest BCUT2D eigenvalue weighted by atomic mass is 16.2. The number of nitrogens with one attached hydrogen (secondary N) is 2. The third-order valence-corrected chi connectivity index (χ3v) is 5.11. The van der Waals surface area contributed by atoms with Gasteiger partial charge in [0.05, 0.1) is 5.41 Å². The van der Waals surface area contributed by atoms with E-state index in [9.17, 15) is 4.79 Å². The molecule has 3 heteroatoms. The fourth-order valence-corrected chi connectivity index (χ4v) is 4.19. The number of carbonyl (C=O) groups is 1. The molecule has 0 aromatic carbocycles. The van der Waals surface area contributed by atoms with Crippen molar-refractivity contribution in [2.24, 2.45) is 17.3 Å². The predicted molar refractivity (Wildman–Crippen MR) is 63.0 cm³/mol. The predicted octanol–water partition coefficient (Wildman–Crippen LogP) is 1.29. The number of piperidine rings is 1. The summed E-state index contributed by atoms with van der Waals surface area (Å²) in [6.45, 7) is 3.00. The molecule has 16 heavy (non-hydrogen) atoms. The van der Waals surface area contributed by atoms with Gasteiger partial charge in [-0.05, 0) is 37.8 Å². The van der Waals surface area contributed by atoms with Crippen LogP contribution in [-0.2, 0) is 4.79 Å². The molecule has 2 aliphatic heterocycles. The van der Waals surface area contributed by atoms with Crippen molar-refractivity contribution in [2.45, 2.75) is 38.5 Å². The third kappa shape index (κ3) is 1.48. The Hall–Kier alpha value is -0.570. The maximum absolute atomic E-state index is 12.2. The van der Waals surface area contributed by atoms with Crippen LogP contribution >= 0.6 is 0 Å². The van der Waals surface area contributed by atoms with Crippen LogP contribution in [0.25, 0.3) is 0 Å². The molecule has 1 aliphatic carbocycles. The van der Waals surface area contributed by atoms with Crippen molar-refractivity contribution in [2.75, 3.05) is 19.6 Å². The minimum atomic E-state index is 0.000255. The van der Waals surface area contributed by atoms with Crippen molar-refractivity contribution in [1.82, 2.24) is 10.6 Å². The Morgan fingerprint density at radius 1 is 1.12 bits per heavy atom. The van der Waals surface area contributed by atoms with Crippen LogP contribution in [0.15, 0.2) is 0 Å². The Balaban J connectivity index is 1.83. The molecule has 1 unspecified atom stereocenters. The Labute approximate surface area is 97.4 Å². The first-order chi connectivity index (χ1) is 7.83. The van der Waals surface area contributed by atoms with Gasteiger partial charge in [-0.3, -0.25) is 4.79 Å². The lowest BCUT2D eigenvalue weighted by atomic mass is 9.65. The number of carbonyl (C=O) groups excluding carboxylic acids is 1. The molecule has 3 aliphatic rings. The van der Waals surface area contributed by atoms with Gasteiger partial charge in [0.2, 0.25) is 5.91 Å². The van der Waals surface area contributed by atoms with Gasteiger partial charge in [0, 0.05) is 6.54 Å². The minimum Gasteiger partial charge on any atom is -0.355 e. The van der Waals surface area contributed by atoms with Crippen molar-refractivity contribution >= 4 is 5.91 Å². The maximum atomic E-state index is 12.2. The second-order valence-electron chi connectivity index (χ2n) is 5.77. The Kier molecular flexibility index (Phi) is 2.66. The van der Waals surface area contributed by atoms with Gasteiger partial charge in [0.25, 0.3) is 0 Å². The zero-order valence-corrected chi connectivity index (χ0v) is 9.93. The molecule has 0 aromatic heterocycles. The number of amides is 1. The number of rotatable bonds is 1. The van der Waals surface area contributed by atoms with Crippen LogP contribution in [0, 0.1) is 17.3 Å². The molecule has 1 atom stereocenters. The van der Waals surface area contributed by atoms with Crippen molar-refractivity contribution in [3.05, 3.63) is 0 Å². The second kappa shape index (κ2) is 4.02. The lowest BCUT2D eigenvalue weighted by Gasteiger charge is -2.39. The summed E-state index contributed by atoms with van der Waals surface area (Å²) >= 11 is 0. The molecule has 3 nitrogen and oxygen atoms in total.